The average molecular weight is 416 g/mol. The Morgan fingerprint density at radius 1 is 1.10 bits per heavy atom. The van der Waals surface area contributed by atoms with E-state index in [9.17, 15) is 0 Å². The minimum Gasteiger partial charge on any atom is -0.308 e. The summed E-state index contributed by atoms with van der Waals surface area (Å²) >= 11 is 0. The summed E-state index contributed by atoms with van der Waals surface area (Å²) in [6.07, 6.45) is 18.6. The molecular formula is C30H41N. The van der Waals surface area contributed by atoms with Crippen LogP contribution in [-0.2, 0) is 6.42 Å². The van der Waals surface area contributed by atoms with Crippen LogP contribution in [0.2, 0.25) is 0 Å². The minimum absolute atomic E-state index is 0.824. The van der Waals surface area contributed by atoms with E-state index in [0.717, 1.165) is 62.5 Å². The summed E-state index contributed by atoms with van der Waals surface area (Å²) in [6, 6.07) is 6.63. The zero-order valence-electron chi connectivity index (χ0n) is 20.2. The Kier molecular flexibility index (Phi) is 13.0. The van der Waals surface area contributed by atoms with E-state index in [0.29, 0.717) is 0 Å². The smallest absolute Gasteiger partial charge is 0.0286 e. The summed E-state index contributed by atoms with van der Waals surface area (Å²) < 4.78 is 0. The summed E-state index contributed by atoms with van der Waals surface area (Å²) in [5, 5.41) is 7.34. The lowest BCUT2D eigenvalue weighted by molar-refractivity contribution is 0.837. The van der Waals surface area contributed by atoms with Crippen molar-refractivity contribution in [1.82, 2.24) is 0 Å². The largest absolute Gasteiger partial charge is 0.308 e. The quantitative estimate of drug-likeness (QED) is 0.135. The van der Waals surface area contributed by atoms with E-state index in [2.05, 4.69) is 89.1 Å². The van der Waals surface area contributed by atoms with Gasteiger partial charge in [-0.2, -0.15) is 0 Å². The number of rotatable bonds is 14. The van der Waals surface area contributed by atoms with Crippen molar-refractivity contribution in [2.24, 2.45) is 0 Å². The molecule has 0 atom stereocenters. The first-order chi connectivity index (χ1) is 15.0. The van der Waals surface area contributed by atoms with Gasteiger partial charge < -0.3 is 5.41 Å². The summed E-state index contributed by atoms with van der Waals surface area (Å²) in [7, 11) is 0. The van der Waals surface area contributed by atoms with Crippen LogP contribution < -0.4 is 0 Å². The molecule has 0 saturated heterocycles. The predicted octanol–water partition coefficient (Wildman–Crippen LogP) is 9.28. The van der Waals surface area contributed by atoms with Gasteiger partial charge in [0, 0.05) is 11.8 Å². The molecule has 1 rings (SSSR count). The highest BCUT2D eigenvalue weighted by molar-refractivity contribution is 5.77. The second-order valence-corrected chi connectivity index (χ2v) is 7.85. The zero-order valence-corrected chi connectivity index (χ0v) is 20.2. The van der Waals surface area contributed by atoms with Crippen LogP contribution in [0.15, 0.2) is 72.0 Å². The molecule has 0 aromatic heterocycles. The van der Waals surface area contributed by atoms with Crippen LogP contribution in [0.4, 0.5) is 0 Å². The average Bonchev–Trinajstić information content (AvgIpc) is 2.80. The summed E-state index contributed by atoms with van der Waals surface area (Å²) in [5.74, 6) is 0. The monoisotopic (exact) mass is 415 g/mol. The number of hydrogen-bond acceptors (Lipinski definition) is 1. The first-order valence-corrected chi connectivity index (χ1v) is 11.7. The Morgan fingerprint density at radius 2 is 1.84 bits per heavy atom. The fourth-order valence-electron chi connectivity index (χ4n) is 3.84. The first-order valence-electron chi connectivity index (χ1n) is 11.7. The van der Waals surface area contributed by atoms with Crippen molar-refractivity contribution in [2.75, 3.05) is 0 Å². The molecule has 0 heterocycles. The molecule has 1 N–H and O–H groups in total. The molecule has 0 aliphatic carbocycles. The molecule has 0 radical (unpaired) electrons. The minimum atomic E-state index is 0.824. The fraction of sp³-hybridized carbons (Fsp3) is 0.400. The third-order valence-corrected chi connectivity index (χ3v) is 5.83. The first kappa shape index (κ1) is 26.4. The molecule has 0 spiro atoms. The molecule has 1 nitrogen and oxygen atoms in total. The van der Waals surface area contributed by atoms with Crippen molar-refractivity contribution >= 4 is 17.9 Å². The molecule has 0 amide bonds. The van der Waals surface area contributed by atoms with E-state index < -0.39 is 0 Å². The lowest BCUT2D eigenvalue weighted by Gasteiger charge is -2.16. The number of aryl methyl sites for hydroxylation is 1. The van der Waals surface area contributed by atoms with Gasteiger partial charge in [0.2, 0.25) is 0 Å². The maximum Gasteiger partial charge on any atom is 0.0286 e. The lowest BCUT2D eigenvalue weighted by Crippen LogP contribution is -1.97. The van der Waals surface area contributed by atoms with Crippen LogP contribution in [0, 0.1) is 5.41 Å². The third-order valence-electron chi connectivity index (χ3n) is 5.83. The zero-order chi connectivity index (χ0) is 23.1. The molecule has 0 unspecified atom stereocenters. The van der Waals surface area contributed by atoms with Gasteiger partial charge in [0.15, 0.2) is 0 Å². The van der Waals surface area contributed by atoms with E-state index in [1.54, 1.807) is 5.57 Å². The summed E-state index contributed by atoms with van der Waals surface area (Å²) in [6.45, 7) is 16.8. The van der Waals surface area contributed by atoms with Gasteiger partial charge in [-0.15, -0.1) is 5.73 Å². The molecule has 0 bridgehead atoms. The fourth-order valence-corrected chi connectivity index (χ4v) is 3.84. The number of hydrogen-bond donors (Lipinski definition) is 1. The highest BCUT2D eigenvalue weighted by Crippen LogP contribution is 2.30. The Morgan fingerprint density at radius 3 is 2.42 bits per heavy atom. The van der Waals surface area contributed by atoms with Crippen molar-refractivity contribution in [3.63, 3.8) is 0 Å². The van der Waals surface area contributed by atoms with Crippen LogP contribution in [0.25, 0.3) is 11.6 Å². The van der Waals surface area contributed by atoms with Crippen LogP contribution in [0.1, 0.15) is 89.3 Å². The SMILES string of the molecule is C=C=C(C=N)CCCC(=C)/C=C\c1cccc(CC)c1/C(=C\C)CCC=C(CC)CC. The van der Waals surface area contributed by atoms with Gasteiger partial charge in [-0.05, 0) is 80.6 Å². The predicted molar refractivity (Wildman–Crippen MR) is 141 cm³/mol. The maximum atomic E-state index is 7.34. The van der Waals surface area contributed by atoms with Crippen LogP contribution in [0.3, 0.4) is 0 Å². The van der Waals surface area contributed by atoms with Crippen LogP contribution >= 0.6 is 0 Å². The van der Waals surface area contributed by atoms with Crippen molar-refractivity contribution in [3.8, 4) is 0 Å². The van der Waals surface area contributed by atoms with Gasteiger partial charge in [0.25, 0.3) is 0 Å². The maximum absolute atomic E-state index is 7.34. The Bertz CT molecular complexity index is 864. The molecule has 1 aromatic carbocycles. The van der Waals surface area contributed by atoms with Crippen molar-refractivity contribution in [3.05, 3.63) is 88.7 Å². The standard InChI is InChI=1S/C30H41N/c1-7-25(8-2)16-13-18-27(10-4)30-28(11-5)19-14-20-29(30)22-21-24(6)15-12-17-26(9-3)23-31/h10,14,16,19-23,31H,3,6-8,11-13,15,17-18H2,1-2,4-5H3/b22-21-,27-10-,31-23?. The number of allylic oxidation sites excluding steroid dienone is 7. The molecule has 0 saturated carbocycles. The normalized spacial score (nSPS) is 11.3. The number of benzene rings is 1. The van der Waals surface area contributed by atoms with Crippen molar-refractivity contribution < 1.29 is 0 Å². The Labute approximate surface area is 191 Å². The Balaban J connectivity index is 3.00. The highest BCUT2D eigenvalue weighted by atomic mass is 14.3. The van der Waals surface area contributed by atoms with Gasteiger partial charge in [-0.3, -0.25) is 0 Å². The molecule has 31 heavy (non-hydrogen) atoms. The van der Waals surface area contributed by atoms with Gasteiger partial charge >= 0.3 is 0 Å². The van der Waals surface area contributed by atoms with E-state index in [-0.39, 0.29) is 0 Å². The van der Waals surface area contributed by atoms with E-state index >= 15 is 0 Å². The molecule has 1 heteroatoms. The van der Waals surface area contributed by atoms with Gasteiger partial charge in [-0.1, -0.05) is 87.6 Å². The van der Waals surface area contributed by atoms with E-state index in [1.807, 2.05) is 0 Å². The lowest BCUT2D eigenvalue weighted by atomic mass is 9.89. The topological polar surface area (TPSA) is 23.9 Å². The second kappa shape index (κ2) is 15.2. The molecule has 1 aromatic rings. The molecule has 0 fully saturated rings. The highest BCUT2D eigenvalue weighted by Gasteiger charge is 2.10. The Hall–Kier alpha value is -2.63. The molecular weight excluding hydrogens is 374 g/mol. The molecule has 166 valence electrons. The van der Waals surface area contributed by atoms with Gasteiger partial charge in [0.05, 0.1) is 0 Å². The van der Waals surface area contributed by atoms with Gasteiger partial charge in [0.1, 0.15) is 0 Å². The van der Waals surface area contributed by atoms with E-state index in [1.165, 1.54) is 28.5 Å². The van der Waals surface area contributed by atoms with Crippen molar-refractivity contribution in [2.45, 2.75) is 79.1 Å². The molecule has 0 aliphatic heterocycles. The van der Waals surface area contributed by atoms with Crippen LogP contribution in [0.5, 0.6) is 0 Å². The number of nitrogens with one attached hydrogen (secondary N) is 1. The summed E-state index contributed by atoms with van der Waals surface area (Å²) in [5.41, 5.74) is 11.8. The van der Waals surface area contributed by atoms with Crippen molar-refractivity contribution in [1.29, 1.82) is 5.41 Å². The molecule has 0 aliphatic rings. The summed E-state index contributed by atoms with van der Waals surface area (Å²) in [4.78, 5) is 0. The van der Waals surface area contributed by atoms with Crippen LogP contribution in [-0.4, -0.2) is 6.21 Å². The third kappa shape index (κ3) is 8.95. The van der Waals surface area contributed by atoms with E-state index in [4.69, 9.17) is 5.41 Å². The second-order valence-electron chi connectivity index (χ2n) is 7.85. The van der Waals surface area contributed by atoms with Gasteiger partial charge in [-0.25, -0.2) is 0 Å².